The number of carbonyl (C=O) groups excluding carboxylic acids is 2. The maximum Gasteiger partial charge on any atom is 0.261 e. The molecule has 1 aliphatic carbocycles. The molecule has 1 saturated carbocycles. The number of ether oxygens (including phenoxy) is 1. The van der Waals surface area contributed by atoms with Crippen LogP contribution in [0.15, 0.2) is 48.5 Å². The molecule has 1 fully saturated rings. The number of halogens is 1. The smallest absolute Gasteiger partial charge is 0.261 e. The van der Waals surface area contributed by atoms with Crippen LogP contribution in [0.3, 0.4) is 0 Å². The van der Waals surface area contributed by atoms with Crippen molar-refractivity contribution in [2.75, 3.05) is 6.61 Å². The Hall–Kier alpha value is -2.53. The maximum atomic E-state index is 13.3. The van der Waals surface area contributed by atoms with Crippen LogP contribution >= 0.6 is 11.6 Å². The summed E-state index contributed by atoms with van der Waals surface area (Å²) in [4.78, 5) is 28.1. The van der Waals surface area contributed by atoms with E-state index in [0.717, 1.165) is 36.8 Å². The van der Waals surface area contributed by atoms with Crippen molar-refractivity contribution in [2.24, 2.45) is 0 Å². The SMILES string of the molecule is CC[C@H](C(=O)NC1CCCCC1)N(Cc1ccccc1Cl)C(=O)COc1ccc(C)cc1. The zero-order chi connectivity index (χ0) is 22.9. The predicted molar refractivity (Wildman–Crippen MR) is 128 cm³/mol. The van der Waals surface area contributed by atoms with E-state index >= 15 is 0 Å². The van der Waals surface area contributed by atoms with Gasteiger partial charge in [-0.25, -0.2) is 0 Å². The molecule has 2 amide bonds. The molecule has 0 unspecified atom stereocenters. The number of benzene rings is 2. The fourth-order valence-corrected chi connectivity index (χ4v) is 4.33. The number of amides is 2. The molecule has 1 atom stereocenters. The second-order valence-electron chi connectivity index (χ2n) is 8.48. The summed E-state index contributed by atoms with van der Waals surface area (Å²) in [6.07, 6.45) is 5.99. The Morgan fingerprint density at radius 1 is 1.09 bits per heavy atom. The molecular formula is C26H33ClN2O3. The van der Waals surface area contributed by atoms with Crippen molar-refractivity contribution in [3.63, 3.8) is 0 Å². The molecule has 0 bridgehead atoms. The van der Waals surface area contributed by atoms with Gasteiger partial charge in [0.25, 0.3) is 5.91 Å². The third-order valence-corrected chi connectivity index (χ3v) is 6.39. The first-order chi connectivity index (χ1) is 15.5. The highest BCUT2D eigenvalue weighted by Crippen LogP contribution is 2.22. The minimum Gasteiger partial charge on any atom is -0.484 e. The lowest BCUT2D eigenvalue weighted by Crippen LogP contribution is -2.52. The second-order valence-corrected chi connectivity index (χ2v) is 8.89. The van der Waals surface area contributed by atoms with E-state index in [1.54, 1.807) is 11.0 Å². The summed E-state index contributed by atoms with van der Waals surface area (Å²) in [5.74, 6) is 0.285. The average Bonchev–Trinajstić information content (AvgIpc) is 2.80. The molecule has 32 heavy (non-hydrogen) atoms. The fraction of sp³-hybridized carbons (Fsp3) is 0.462. The van der Waals surface area contributed by atoms with Crippen LogP contribution in [0.4, 0.5) is 0 Å². The van der Waals surface area contributed by atoms with Crippen LogP contribution in [0.5, 0.6) is 5.75 Å². The van der Waals surface area contributed by atoms with Gasteiger partial charge in [-0.1, -0.05) is 73.7 Å². The summed E-state index contributed by atoms with van der Waals surface area (Å²) in [6, 6.07) is 14.6. The summed E-state index contributed by atoms with van der Waals surface area (Å²) in [5, 5.41) is 3.76. The van der Waals surface area contributed by atoms with Crippen molar-refractivity contribution in [1.29, 1.82) is 0 Å². The van der Waals surface area contributed by atoms with Gasteiger partial charge in [0.15, 0.2) is 6.61 Å². The van der Waals surface area contributed by atoms with Gasteiger partial charge in [-0.05, 0) is 49.9 Å². The number of hydrogen-bond donors (Lipinski definition) is 1. The van der Waals surface area contributed by atoms with E-state index in [4.69, 9.17) is 16.3 Å². The molecule has 0 aliphatic heterocycles. The van der Waals surface area contributed by atoms with Gasteiger partial charge in [0.1, 0.15) is 11.8 Å². The summed E-state index contributed by atoms with van der Waals surface area (Å²) in [7, 11) is 0. The number of carbonyl (C=O) groups is 2. The van der Waals surface area contributed by atoms with Gasteiger partial charge in [0, 0.05) is 17.6 Å². The highest BCUT2D eigenvalue weighted by Gasteiger charge is 2.31. The Morgan fingerprint density at radius 3 is 2.44 bits per heavy atom. The standard InChI is InChI=1S/C26H33ClN2O3/c1-3-24(26(31)28-21-10-5-4-6-11-21)29(17-20-9-7-8-12-23(20)27)25(30)18-32-22-15-13-19(2)14-16-22/h7-9,12-16,21,24H,3-6,10-11,17-18H2,1-2H3,(H,28,31)/t24-/m1/s1. The third kappa shape index (κ3) is 6.73. The maximum absolute atomic E-state index is 13.3. The van der Waals surface area contributed by atoms with E-state index < -0.39 is 6.04 Å². The largest absolute Gasteiger partial charge is 0.484 e. The molecule has 172 valence electrons. The average molecular weight is 457 g/mol. The van der Waals surface area contributed by atoms with Gasteiger partial charge in [-0.15, -0.1) is 0 Å². The van der Waals surface area contributed by atoms with Crippen molar-refractivity contribution in [3.05, 3.63) is 64.7 Å². The second kappa shape index (κ2) is 11.9. The Bertz CT molecular complexity index is 894. The minimum atomic E-state index is -0.581. The Kier molecular flexibility index (Phi) is 8.98. The lowest BCUT2D eigenvalue weighted by Gasteiger charge is -2.33. The van der Waals surface area contributed by atoms with E-state index in [1.807, 2.05) is 56.3 Å². The lowest BCUT2D eigenvalue weighted by atomic mass is 9.95. The van der Waals surface area contributed by atoms with Gasteiger partial charge in [0.05, 0.1) is 0 Å². The zero-order valence-electron chi connectivity index (χ0n) is 19.0. The predicted octanol–water partition coefficient (Wildman–Crippen LogP) is 5.28. The molecule has 0 aromatic heterocycles. The number of aryl methyl sites for hydroxylation is 1. The molecule has 0 heterocycles. The molecule has 0 radical (unpaired) electrons. The molecule has 0 spiro atoms. The van der Waals surface area contributed by atoms with Gasteiger partial charge < -0.3 is 15.0 Å². The summed E-state index contributed by atoms with van der Waals surface area (Å²) in [5.41, 5.74) is 1.93. The number of nitrogens with one attached hydrogen (secondary N) is 1. The van der Waals surface area contributed by atoms with E-state index in [9.17, 15) is 9.59 Å². The Labute approximate surface area is 196 Å². The highest BCUT2D eigenvalue weighted by atomic mass is 35.5. The van der Waals surface area contributed by atoms with E-state index in [-0.39, 0.29) is 31.0 Å². The van der Waals surface area contributed by atoms with Gasteiger partial charge in [-0.2, -0.15) is 0 Å². The van der Waals surface area contributed by atoms with Crippen LogP contribution in [0, 0.1) is 6.92 Å². The molecule has 2 aromatic carbocycles. The number of hydrogen-bond acceptors (Lipinski definition) is 3. The summed E-state index contributed by atoms with van der Waals surface area (Å²) >= 11 is 6.37. The van der Waals surface area contributed by atoms with Crippen LogP contribution in [0.1, 0.15) is 56.6 Å². The van der Waals surface area contributed by atoms with Gasteiger partial charge in [-0.3, -0.25) is 9.59 Å². The zero-order valence-corrected chi connectivity index (χ0v) is 19.7. The van der Waals surface area contributed by atoms with Crippen molar-refractivity contribution in [2.45, 2.75) is 71.0 Å². The molecule has 5 nitrogen and oxygen atoms in total. The minimum absolute atomic E-state index is 0.102. The fourth-order valence-electron chi connectivity index (χ4n) is 4.14. The number of nitrogens with zero attached hydrogens (tertiary/aromatic N) is 1. The van der Waals surface area contributed by atoms with Crippen LogP contribution < -0.4 is 10.1 Å². The third-order valence-electron chi connectivity index (χ3n) is 6.02. The topological polar surface area (TPSA) is 58.6 Å². The van der Waals surface area contributed by atoms with Crippen LogP contribution in [0.2, 0.25) is 5.02 Å². The quantitative estimate of drug-likeness (QED) is 0.558. The molecule has 1 N–H and O–H groups in total. The van der Waals surface area contributed by atoms with Gasteiger partial charge >= 0.3 is 0 Å². The van der Waals surface area contributed by atoms with E-state index in [1.165, 1.54) is 6.42 Å². The molecule has 6 heteroatoms. The summed E-state index contributed by atoms with van der Waals surface area (Å²) in [6.45, 7) is 4.04. The van der Waals surface area contributed by atoms with Crippen LogP contribution in [-0.2, 0) is 16.1 Å². The monoisotopic (exact) mass is 456 g/mol. The first-order valence-electron chi connectivity index (χ1n) is 11.5. The van der Waals surface area contributed by atoms with E-state index in [0.29, 0.717) is 17.2 Å². The molecular weight excluding hydrogens is 424 g/mol. The van der Waals surface area contributed by atoms with Gasteiger partial charge in [0.2, 0.25) is 5.91 Å². The van der Waals surface area contributed by atoms with Crippen molar-refractivity contribution < 1.29 is 14.3 Å². The van der Waals surface area contributed by atoms with Crippen molar-refractivity contribution >= 4 is 23.4 Å². The van der Waals surface area contributed by atoms with Crippen LogP contribution in [0.25, 0.3) is 0 Å². The highest BCUT2D eigenvalue weighted by molar-refractivity contribution is 6.31. The molecule has 2 aromatic rings. The lowest BCUT2D eigenvalue weighted by molar-refractivity contribution is -0.143. The van der Waals surface area contributed by atoms with E-state index in [2.05, 4.69) is 5.32 Å². The van der Waals surface area contributed by atoms with Crippen molar-refractivity contribution in [1.82, 2.24) is 10.2 Å². The molecule has 0 saturated heterocycles. The first kappa shape index (κ1) is 24.1. The Balaban J connectivity index is 1.75. The van der Waals surface area contributed by atoms with Crippen molar-refractivity contribution in [3.8, 4) is 5.75 Å². The summed E-state index contributed by atoms with van der Waals surface area (Å²) < 4.78 is 5.74. The first-order valence-corrected chi connectivity index (χ1v) is 11.9. The Morgan fingerprint density at radius 2 is 1.78 bits per heavy atom. The molecule has 1 aliphatic rings. The normalized spacial score (nSPS) is 15.1. The molecule has 3 rings (SSSR count). The number of rotatable bonds is 9. The van der Waals surface area contributed by atoms with Crippen LogP contribution in [-0.4, -0.2) is 35.4 Å².